The minimum absolute atomic E-state index is 0.308. The van der Waals surface area contributed by atoms with Crippen molar-refractivity contribution in [3.63, 3.8) is 0 Å². The van der Waals surface area contributed by atoms with Gasteiger partial charge < -0.3 is 4.74 Å². The van der Waals surface area contributed by atoms with E-state index >= 15 is 0 Å². The largest absolute Gasteiger partial charge is 0.573 e. The van der Waals surface area contributed by atoms with Gasteiger partial charge in [0.2, 0.25) is 0 Å². The van der Waals surface area contributed by atoms with Crippen LogP contribution in [0.2, 0.25) is 0 Å². The summed E-state index contributed by atoms with van der Waals surface area (Å²) in [7, 11) is 0. The van der Waals surface area contributed by atoms with Crippen molar-refractivity contribution in [3.05, 3.63) is 35.8 Å². The van der Waals surface area contributed by atoms with E-state index < -0.39 is 6.36 Å². The summed E-state index contributed by atoms with van der Waals surface area (Å²) < 4.78 is 41.9. The van der Waals surface area contributed by atoms with E-state index in [-0.39, 0.29) is 5.75 Å². The zero-order chi connectivity index (χ0) is 16.6. The standard InChI is InChI=1S/C13H11F3N6O/c1-7-11(19-21-18-7)12-17-8(2)20-22(12)9-3-5-10(6-4-9)23-13(14,15)16/h3-6H,1-2H3,(H,18,19,21). The molecular formula is C13H11F3N6O. The minimum Gasteiger partial charge on any atom is -0.406 e. The maximum atomic E-state index is 12.2. The van der Waals surface area contributed by atoms with Crippen molar-refractivity contribution < 1.29 is 17.9 Å². The molecule has 3 rings (SSSR count). The molecule has 1 aromatic carbocycles. The first-order chi connectivity index (χ1) is 10.8. The maximum Gasteiger partial charge on any atom is 0.573 e. The predicted molar refractivity (Wildman–Crippen MR) is 72.9 cm³/mol. The third-order valence-electron chi connectivity index (χ3n) is 2.96. The van der Waals surface area contributed by atoms with Crippen LogP contribution in [0.1, 0.15) is 11.5 Å². The van der Waals surface area contributed by atoms with Crippen LogP contribution in [-0.4, -0.2) is 36.5 Å². The van der Waals surface area contributed by atoms with Crippen molar-refractivity contribution >= 4 is 0 Å². The summed E-state index contributed by atoms with van der Waals surface area (Å²) in [5, 5.41) is 14.7. The molecule has 3 aromatic rings. The zero-order valence-corrected chi connectivity index (χ0v) is 12.1. The second kappa shape index (κ2) is 5.38. The van der Waals surface area contributed by atoms with Gasteiger partial charge in [-0.2, -0.15) is 20.5 Å². The average molecular weight is 324 g/mol. The molecule has 7 nitrogen and oxygen atoms in total. The fourth-order valence-electron chi connectivity index (χ4n) is 2.03. The lowest BCUT2D eigenvalue weighted by Crippen LogP contribution is -2.17. The molecule has 120 valence electrons. The van der Waals surface area contributed by atoms with Crippen LogP contribution in [0.15, 0.2) is 24.3 Å². The normalized spacial score (nSPS) is 11.7. The molecule has 0 aliphatic carbocycles. The minimum atomic E-state index is -4.73. The molecule has 0 radical (unpaired) electrons. The molecule has 0 fully saturated rings. The van der Waals surface area contributed by atoms with Gasteiger partial charge in [-0.25, -0.2) is 9.67 Å². The molecule has 1 N–H and O–H groups in total. The monoisotopic (exact) mass is 324 g/mol. The smallest absolute Gasteiger partial charge is 0.406 e. The van der Waals surface area contributed by atoms with E-state index in [9.17, 15) is 13.2 Å². The predicted octanol–water partition coefficient (Wildman–Crippen LogP) is 2.57. The van der Waals surface area contributed by atoms with E-state index in [2.05, 4.69) is 30.2 Å². The van der Waals surface area contributed by atoms with Gasteiger partial charge in [0.15, 0.2) is 11.5 Å². The van der Waals surface area contributed by atoms with Gasteiger partial charge in [0.25, 0.3) is 0 Å². The van der Waals surface area contributed by atoms with Crippen molar-refractivity contribution in [2.24, 2.45) is 0 Å². The van der Waals surface area contributed by atoms with E-state index in [1.165, 1.54) is 28.9 Å². The first-order valence-corrected chi connectivity index (χ1v) is 6.51. The lowest BCUT2D eigenvalue weighted by atomic mass is 10.3. The second-order valence-electron chi connectivity index (χ2n) is 4.69. The molecule has 0 saturated heterocycles. The van der Waals surface area contributed by atoms with E-state index in [1.807, 2.05) is 0 Å². The number of hydrogen-bond acceptors (Lipinski definition) is 5. The number of halogens is 3. The van der Waals surface area contributed by atoms with Crippen LogP contribution in [0.25, 0.3) is 17.2 Å². The van der Waals surface area contributed by atoms with Crippen molar-refractivity contribution in [1.29, 1.82) is 0 Å². The number of hydrogen-bond donors (Lipinski definition) is 1. The Morgan fingerprint density at radius 2 is 1.78 bits per heavy atom. The number of alkyl halides is 3. The van der Waals surface area contributed by atoms with E-state index in [0.29, 0.717) is 28.7 Å². The summed E-state index contributed by atoms with van der Waals surface area (Å²) in [4.78, 5) is 4.29. The van der Waals surface area contributed by atoms with Crippen molar-refractivity contribution in [3.8, 4) is 23.0 Å². The van der Waals surface area contributed by atoms with Gasteiger partial charge >= 0.3 is 6.36 Å². The van der Waals surface area contributed by atoms with Crippen LogP contribution in [-0.2, 0) is 0 Å². The van der Waals surface area contributed by atoms with E-state index in [0.717, 1.165) is 0 Å². The zero-order valence-electron chi connectivity index (χ0n) is 12.1. The Balaban J connectivity index is 1.98. The first kappa shape index (κ1) is 15.0. The highest BCUT2D eigenvalue weighted by Gasteiger charge is 2.31. The molecule has 0 spiro atoms. The average Bonchev–Trinajstić information content (AvgIpc) is 3.03. The van der Waals surface area contributed by atoms with Crippen LogP contribution >= 0.6 is 0 Å². The summed E-state index contributed by atoms with van der Waals surface area (Å²) in [6, 6.07) is 5.32. The fourth-order valence-corrected chi connectivity index (χ4v) is 2.03. The van der Waals surface area contributed by atoms with Crippen LogP contribution in [0.5, 0.6) is 5.75 Å². The highest BCUT2D eigenvalue weighted by atomic mass is 19.4. The summed E-state index contributed by atoms with van der Waals surface area (Å²) in [5.74, 6) is 0.633. The van der Waals surface area contributed by atoms with Gasteiger partial charge in [-0.3, -0.25) is 0 Å². The fraction of sp³-hybridized carbons (Fsp3) is 0.231. The molecule has 0 atom stereocenters. The van der Waals surface area contributed by atoms with Crippen LogP contribution in [0, 0.1) is 13.8 Å². The number of H-pyrrole nitrogens is 1. The highest BCUT2D eigenvalue weighted by molar-refractivity contribution is 5.55. The Morgan fingerprint density at radius 3 is 2.35 bits per heavy atom. The van der Waals surface area contributed by atoms with Crippen molar-refractivity contribution in [2.75, 3.05) is 0 Å². The maximum absolute atomic E-state index is 12.2. The van der Waals surface area contributed by atoms with Gasteiger partial charge in [0.1, 0.15) is 11.6 Å². The molecule has 0 saturated carbocycles. The Labute approximate surface area is 128 Å². The number of aromatic nitrogens is 6. The molecule has 0 aliphatic rings. The summed E-state index contributed by atoms with van der Waals surface area (Å²) >= 11 is 0. The number of ether oxygens (including phenoxy) is 1. The molecule has 10 heteroatoms. The van der Waals surface area contributed by atoms with Gasteiger partial charge in [-0.05, 0) is 38.1 Å². The van der Waals surface area contributed by atoms with Crippen LogP contribution in [0.4, 0.5) is 13.2 Å². The molecule has 0 unspecified atom stereocenters. The van der Waals surface area contributed by atoms with Crippen LogP contribution in [0.3, 0.4) is 0 Å². The second-order valence-corrected chi connectivity index (χ2v) is 4.69. The third-order valence-corrected chi connectivity index (χ3v) is 2.96. The molecule has 0 amide bonds. The Kier molecular flexibility index (Phi) is 3.51. The lowest BCUT2D eigenvalue weighted by Gasteiger charge is -2.09. The molecular weight excluding hydrogens is 313 g/mol. The van der Waals surface area contributed by atoms with E-state index in [1.54, 1.807) is 13.8 Å². The number of aromatic amines is 1. The number of nitrogens with one attached hydrogen (secondary N) is 1. The van der Waals surface area contributed by atoms with E-state index in [4.69, 9.17) is 0 Å². The molecule has 2 aromatic heterocycles. The van der Waals surface area contributed by atoms with Gasteiger partial charge in [-0.1, -0.05) is 0 Å². The Bertz CT molecular complexity index is 821. The number of rotatable bonds is 3. The molecule has 0 bridgehead atoms. The highest BCUT2D eigenvalue weighted by Crippen LogP contribution is 2.25. The van der Waals surface area contributed by atoms with Gasteiger partial charge in [0, 0.05) is 0 Å². The lowest BCUT2D eigenvalue weighted by molar-refractivity contribution is -0.274. The van der Waals surface area contributed by atoms with Crippen molar-refractivity contribution in [1.82, 2.24) is 30.2 Å². The molecule has 0 aliphatic heterocycles. The first-order valence-electron chi connectivity index (χ1n) is 6.51. The number of aryl methyl sites for hydroxylation is 2. The Morgan fingerprint density at radius 1 is 1.09 bits per heavy atom. The van der Waals surface area contributed by atoms with Crippen molar-refractivity contribution in [2.45, 2.75) is 20.2 Å². The summed E-state index contributed by atoms with van der Waals surface area (Å²) in [6.45, 7) is 3.46. The van der Waals surface area contributed by atoms with Crippen LogP contribution < -0.4 is 4.74 Å². The summed E-state index contributed by atoms with van der Waals surface area (Å²) in [6.07, 6.45) is -4.73. The quantitative estimate of drug-likeness (QED) is 0.801. The molecule has 2 heterocycles. The SMILES string of the molecule is Cc1nc(-c2n[nH]nc2C)n(-c2ccc(OC(F)(F)F)cc2)n1. The number of nitrogens with zero attached hydrogens (tertiary/aromatic N) is 5. The Hall–Kier alpha value is -2.91. The third kappa shape index (κ3) is 3.15. The molecule has 23 heavy (non-hydrogen) atoms. The van der Waals surface area contributed by atoms with Gasteiger partial charge in [-0.15, -0.1) is 13.2 Å². The van der Waals surface area contributed by atoms with Gasteiger partial charge in [0.05, 0.1) is 11.4 Å². The number of benzene rings is 1. The summed E-state index contributed by atoms with van der Waals surface area (Å²) in [5.41, 5.74) is 1.68. The topological polar surface area (TPSA) is 81.5 Å².